The lowest BCUT2D eigenvalue weighted by atomic mass is 9.48. The summed E-state index contributed by atoms with van der Waals surface area (Å²) in [5.74, 6) is 13.0. The molecule has 2 N–H and O–H groups in total. The zero-order chi connectivity index (χ0) is 15.8. The highest BCUT2D eigenvalue weighted by Gasteiger charge is 2.58. The summed E-state index contributed by atoms with van der Waals surface area (Å²) in [5, 5.41) is 0. The first-order valence-corrected chi connectivity index (χ1v) is 7.89. The Labute approximate surface area is 137 Å². The van der Waals surface area contributed by atoms with Crippen molar-refractivity contribution in [3.63, 3.8) is 0 Å². The molecule has 1 fully saturated rings. The van der Waals surface area contributed by atoms with E-state index < -0.39 is 0 Å². The second-order valence-electron chi connectivity index (χ2n) is 6.29. The van der Waals surface area contributed by atoms with Gasteiger partial charge >= 0.3 is 0 Å². The van der Waals surface area contributed by atoms with Gasteiger partial charge in [-0.3, -0.25) is 0 Å². The van der Waals surface area contributed by atoms with Gasteiger partial charge in [0.1, 0.15) is 0 Å². The van der Waals surface area contributed by atoms with E-state index in [-0.39, 0.29) is 11.0 Å². The lowest BCUT2D eigenvalue weighted by Crippen LogP contribution is -2.65. The normalized spacial score (nSPS) is 26.5. The first-order chi connectivity index (χ1) is 11.2. The van der Waals surface area contributed by atoms with E-state index >= 15 is 0 Å². The maximum atomic E-state index is 6.26. The molecule has 2 aliphatic rings. The second kappa shape index (κ2) is 5.17. The molecular formula is C22H17N. The Kier molecular flexibility index (Phi) is 3.12. The van der Waals surface area contributed by atoms with Crippen LogP contribution in [0, 0.1) is 29.1 Å². The fourth-order valence-electron chi connectivity index (χ4n) is 3.06. The third kappa shape index (κ3) is 2.36. The predicted octanol–water partition coefficient (Wildman–Crippen LogP) is 3.49. The molecule has 1 nitrogen and oxygen atoms in total. The predicted molar refractivity (Wildman–Crippen MR) is 93.5 cm³/mol. The summed E-state index contributed by atoms with van der Waals surface area (Å²) in [6.45, 7) is 0. The van der Waals surface area contributed by atoms with Gasteiger partial charge in [-0.25, -0.2) is 0 Å². The minimum absolute atomic E-state index is 0.0706. The van der Waals surface area contributed by atoms with Gasteiger partial charge in [-0.2, -0.15) is 0 Å². The lowest BCUT2D eigenvalue weighted by molar-refractivity contribution is 0.119. The average Bonchev–Trinajstić information content (AvgIpc) is 2.61. The fraction of sp³-hybridized carbons (Fsp3) is 0.182. The number of hydrogen-bond donors (Lipinski definition) is 1. The summed E-state index contributed by atoms with van der Waals surface area (Å²) >= 11 is 0. The van der Waals surface area contributed by atoms with E-state index in [1.54, 1.807) is 0 Å². The zero-order valence-corrected chi connectivity index (χ0v) is 12.8. The number of fused-ring (bicyclic) bond motifs is 1. The molecule has 0 heterocycles. The molecule has 110 valence electrons. The van der Waals surface area contributed by atoms with Crippen molar-refractivity contribution in [3.05, 3.63) is 83.4 Å². The van der Waals surface area contributed by atoms with Crippen LogP contribution in [0.4, 0.5) is 0 Å². The fourth-order valence-corrected chi connectivity index (χ4v) is 3.06. The largest absolute Gasteiger partial charge is 0.320 e. The summed E-state index contributed by atoms with van der Waals surface area (Å²) in [5.41, 5.74) is 9.06. The van der Waals surface area contributed by atoms with E-state index in [2.05, 4.69) is 35.8 Å². The minimum Gasteiger partial charge on any atom is -0.320 e. The van der Waals surface area contributed by atoms with E-state index in [1.165, 1.54) is 0 Å². The number of rotatable bonds is 0. The van der Waals surface area contributed by atoms with Crippen molar-refractivity contribution in [2.45, 2.75) is 18.4 Å². The maximum Gasteiger partial charge on any atom is 0.0713 e. The highest BCUT2D eigenvalue weighted by Crippen LogP contribution is 2.56. The van der Waals surface area contributed by atoms with Crippen LogP contribution in [0.15, 0.2) is 66.7 Å². The van der Waals surface area contributed by atoms with Crippen LogP contribution in [-0.2, 0) is 0 Å². The van der Waals surface area contributed by atoms with Crippen molar-refractivity contribution >= 4 is 0 Å². The van der Waals surface area contributed by atoms with E-state index in [0.29, 0.717) is 0 Å². The number of benzene rings is 2. The molecule has 1 heteroatoms. The number of hydrogen-bond acceptors (Lipinski definition) is 1. The van der Waals surface area contributed by atoms with Gasteiger partial charge in [0.25, 0.3) is 0 Å². The van der Waals surface area contributed by atoms with Crippen molar-refractivity contribution < 1.29 is 0 Å². The molecule has 2 aromatic rings. The van der Waals surface area contributed by atoms with Crippen LogP contribution < -0.4 is 5.73 Å². The molecule has 23 heavy (non-hydrogen) atoms. The van der Waals surface area contributed by atoms with Gasteiger partial charge in [0.05, 0.1) is 11.0 Å². The van der Waals surface area contributed by atoms with Gasteiger partial charge in [0.15, 0.2) is 0 Å². The first kappa shape index (κ1) is 13.9. The van der Waals surface area contributed by atoms with Gasteiger partial charge in [0.2, 0.25) is 0 Å². The first-order valence-electron chi connectivity index (χ1n) is 7.89. The third-order valence-corrected chi connectivity index (χ3v) is 4.87. The molecule has 0 saturated heterocycles. The van der Waals surface area contributed by atoms with Gasteiger partial charge in [0, 0.05) is 16.7 Å². The van der Waals surface area contributed by atoms with Gasteiger partial charge in [-0.05, 0) is 49.2 Å². The van der Waals surface area contributed by atoms with Crippen molar-refractivity contribution in [1.82, 2.24) is 0 Å². The van der Waals surface area contributed by atoms with Gasteiger partial charge in [-0.15, -0.1) is 0 Å². The standard InChI is InChI=1S/C22H17N/c23-22-16-14-21(22,15-17-22)13-12-20-10-8-19(9-11-20)7-6-18-4-2-1-3-5-18/h1-5,8-11,14,16H,15,17,23H2/t21?,22-/m0/s1. The van der Waals surface area contributed by atoms with Crippen molar-refractivity contribution in [2.24, 2.45) is 11.1 Å². The lowest BCUT2D eigenvalue weighted by Gasteiger charge is -2.57. The van der Waals surface area contributed by atoms with Gasteiger partial charge in [-0.1, -0.05) is 54.0 Å². The van der Waals surface area contributed by atoms with Crippen LogP contribution in [0.5, 0.6) is 0 Å². The molecule has 2 aliphatic carbocycles. The van der Waals surface area contributed by atoms with Crippen molar-refractivity contribution in [2.75, 3.05) is 0 Å². The molecule has 0 aromatic heterocycles. The topological polar surface area (TPSA) is 26.0 Å². The molecular weight excluding hydrogens is 278 g/mol. The highest BCUT2D eigenvalue weighted by molar-refractivity contribution is 5.50. The molecule has 4 rings (SSSR count). The van der Waals surface area contributed by atoms with Crippen molar-refractivity contribution in [1.29, 1.82) is 0 Å². The Morgan fingerprint density at radius 1 is 0.696 bits per heavy atom. The van der Waals surface area contributed by atoms with Gasteiger partial charge < -0.3 is 5.73 Å². The van der Waals surface area contributed by atoms with Crippen LogP contribution in [-0.4, -0.2) is 5.54 Å². The van der Waals surface area contributed by atoms with Crippen LogP contribution >= 0.6 is 0 Å². The molecule has 0 spiro atoms. The Bertz CT molecular complexity index is 884. The summed E-state index contributed by atoms with van der Waals surface area (Å²) in [7, 11) is 0. The molecule has 2 aromatic carbocycles. The smallest absolute Gasteiger partial charge is 0.0713 e. The van der Waals surface area contributed by atoms with E-state index in [4.69, 9.17) is 5.73 Å². The molecule has 0 amide bonds. The van der Waals surface area contributed by atoms with E-state index in [0.717, 1.165) is 29.5 Å². The molecule has 0 radical (unpaired) electrons. The second-order valence-corrected chi connectivity index (χ2v) is 6.29. The zero-order valence-electron chi connectivity index (χ0n) is 12.8. The molecule has 1 unspecified atom stereocenters. The van der Waals surface area contributed by atoms with E-state index in [1.807, 2.05) is 54.6 Å². The minimum atomic E-state index is -0.166. The summed E-state index contributed by atoms with van der Waals surface area (Å²) in [4.78, 5) is 0. The molecule has 0 bridgehead atoms. The quantitative estimate of drug-likeness (QED) is 0.584. The maximum absolute atomic E-state index is 6.26. The average molecular weight is 295 g/mol. The molecule has 2 atom stereocenters. The summed E-state index contributed by atoms with van der Waals surface area (Å²) < 4.78 is 0. The molecule has 1 saturated carbocycles. The molecule has 0 aliphatic heterocycles. The Morgan fingerprint density at radius 3 is 1.78 bits per heavy atom. The Balaban J connectivity index is 1.50. The Hall–Kier alpha value is -2.74. The third-order valence-electron chi connectivity index (χ3n) is 4.87. The highest BCUT2D eigenvalue weighted by atomic mass is 14.9. The monoisotopic (exact) mass is 295 g/mol. The van der Waals surface area contributed by atoms with Crippen LogP contribution in [0.25, 0.3) is 0 Å². The van der Waals surface area contributed by atoms with Crippen LogP contribution in [0.1, 0.15) is 29.5 Å². The number of nitrogens with two attached hydrogens (primary N) is 1. The SMILES string of the molecule is N[C@]12C=CC1(C#Cc1ccc(C#Cc3ccccc3)cc1)CC2. The summed E-state index contributed by atoms with van der Waals surface area (Å²) in [6.07, 6.45) is 6.37. The van der Waals surface area contributed by atoms with Crippen molar-refractivity contribution in [3.8, 4) is 23.7 Å². The van der Waals surface area contributed by atoms with Crippen LogP contribution in [0.3, 0.4) is 0 Å². The van der Waals surface area contributed by atoms with Crippen LogP contribution in [0.2, 0.25) is 0 Å². The Morgan fingerprint density at radius 2 is 1.30 bits per heavy atom. The summed E-state index contributed by atoms with van der Waals surface area (Å²) in [6, 6.07) is 18.1. The van der Waals surface area contributed by atoms with E-state index in [9.17, 15) is 0 Å².